The van der Waals surface area contributed by atoms with E-state index < -0.39 is 0 Å². The number of nitrogens with zero attached hydrogens (tertiary/aromatic N) is 1. The van der Waals surface area contributed by atoms with Gasteiger partial charge in [0.25, 0.3) is 0 Å². The molecule has 1 aromatic carbocycles. The second-order valence-electron chi connectivity index (χ2n) is 5.31. The lowest BCUT2D eigenvalue weighted by Gasteiger charge is -2.40. The molecule has 1 saturated heterocycles. The van der Waals surface area contributed by atoms with Gasteiger partial charge in [-0.1, -0.05) is 43.7 Å². The zero-order valence-electron chi connectivity index (χ0n) is 12.1. The maximum absolute atomic E-state index is 5.26. The number of ether oxygens (including phenoxy) is 1. The minimum Gasteiger partial charge on any atom is -0.383 e. The Morgan fingerprint density at radius 2 is 2.11 bits per heavy atom. The maximum Gasteiger partial charge on any atom is 0.0589 e. The first-order valence-corrected chi connectivity index (χ1v) is 7.36. The van der Waals surface area contributed by atoms with Crippen molar-refractivity contribution in [1.29, 1.82) is 0 Å². The van der Waals surface area contributed by atoms with Gasteiger partial charge in [-0.05, 0) is 12.0 Å². The van der Waals surface area contributed by atoms with Crippen molar-refractivity contribution < 1.29 is 4.74 Å². The lowest BCUT2D eigenvalue weighted by molar-refractivity contribution is 0.0843. The highest BCUT2D eigenvalue weighted by Gasteiger charge is 2.27. The Hall–Kier alpha value is -0.900. The summed E-state index contributed by atoms with van der Waals surface area (Å²) in [5, 5.41) is 3.69. The Balaban J connectivity index is 2.04. The largest absolute Gasteiger partial charge is 0.383 e. The second-order valence-corrected chi connectivity index (χ2v) is 5.31. The van der Waals surface area contributed by atoms with E-state index in [0.717, 1.165) is 26.2 Å². The highest BCUT2D eigenvalue weighted by molar-refractivity contribution is 5.20. The second kappa shape index (κ2) is 7.63. The van der Waals surface area contributed by atoms with Gasteiger partial charge in [0.1, 0.15) is 0 Å². The molecule has 0 aliphatic carbocycles. The van der Waals surface area contributed by atoms with Crippen LogP contribution in [-0.2, 0) is 4.74 Å². The zero-order chi connectivity index (χ0) is 13.5. The summed E-state index contributed by atoms with van der Waals surface area (Å²) in [5.41, 5.74) is 1.40. The fraction of sp³-hybridized carbons (Fsp3) is 0.625. The summed E-state index contributed by atoms with van der Waals surface area (Å²) in [6.45, 7) is 6.24. The SMILES string of the molecule is CCCC1CN(CCOC)C(c2ccccc2)CN1. The van der Waals surface area contributed by atoms with Crippen molar-refractivity contribution in [3.63, 3.8) is 0 Å². The molecule has 0 amide bonds. The Morgan fingerprint density at radius 3 is 2.79 bits per heavy atom. The molecule has 1 aliphatic heterocycles. The summed E-state index contributed by atoms with van der Waals surface area (Å²) in [5.74, 6) is 0. The van der Waals surface area contributed by atoms with Gasteiger partial charge in [-0.2, -0.15) is 0 Å². The van der Waals surface area contributed by atoms with E-state index in [1.807, 2.05) is 0 Å². The quantitative estimate of drug-likeness (QED) is 0.852. The molecular formula is C16H26N2O. The number of hydrogen-bond acceptors (Lipinski definition) is 3. The third-order valence-electron chi connectivity index (χ3n) is 3.90. The standard InChI is InChI=1S/C16H26N2O/c1-3-7-15-13-18(10-11-19-2)16(12-17-15)14-8-5-4-6-9-14/h4-6,8-9,15-17H,3,7,10-13H2,1-2H3. The fourth-order valence-electron chi connectivity index (χ4n) is 2.88. The van der Waals surface area contributed by atoms with Gasteiger partial charge >= 0.3 is 0 Å². The number of rotatable bonds is 6. The van der Waals surface area contributed by atoms with E-state index >= 15 is 0 Å². The Bertz CT molecular complexity index is 355. The van der Waals surface area contributed by atoms with Crippen LogP contribution in [0.15, 0.2) is 30.3 Å². The van der Waals surface area contributed by atoms with E-state index in [2.05, 4.69) is 47.5 Å². The molecule has 0 spiro atoms. The van der Waals surface area contributed by atoms with E-state index in [1.165, 1.54) is 18.4 Å². The van der Waals surface area contributed by atoms with Crippen LogP contribution >= 0.6 is 0 Å². The average Bonchev–Trinajstić information content (AvgIpc) is 2.46. The van der Waals surface area contributed by atoms with Crippen LogP contribution in [-0.4, -0.2) is 44.3 Å². The van der Waals surface area contributed by atoms with Gasteiger partial charge in [0.15, 0.2) is 0 Å². The van der Waals surface area contributed by atoms with Crippen molar-refractivity contribution in [3.8, 4) is 0 Å². The van der Waals surface area contributed by atoms with Crippen molar-refractivity contribution >= 4 is 0 Å². The Labute approximate surface area is 116 Å². The molecule has 2 unspecified atom stereocenters. The molecule has 1 N–H and O–H groups in total. The molecule has 1 heterocycles. The molecule has 19 heavy (non-hydrogen) atoms. The molecule has 1 aliphatic rings. The number of benzene rings is 1. The van der Waals surface area contributed by atoms with E-state index in [1.54, 1.807) is 7.11 Å². The molecule has 2 atom stereocenters. The molecule has 3 heteroatoms. The van der Waals surface area contributed by atoms with Crippen molar-refractivity contribution in [3.05, 3.63) is 35.9 Å². The van der Waals surface area contributed by atoms with E-state index in [0.29, 0.717) is 12.1 Å². The molecule has 0 saturated carbocycles. The summed E-state index contributed by atoms with van der Waals surface area (Å²) in [4.78, 5) is 2.57. The number of methoxy groups -OCH3 is 1. The average molecular weight is 262 g/mol. The highest BCUT2D eigenvalue weighted by Crippen LogP contribution is 2.24. The Morgan fingerprint density at radius 1 is 1.32 bits per heavy atom. The van der Waals surface area contributed by atoms with Crippen LogP contribution in [0.4, 0.5) is 0 Å². The van der Waals surface area contributed by atoms with Crippen LogP contribution in [0.5, 0.6) is 0 Å². The highest BCUT2D eigenvalue weighted by atomic mass is 16.5. The van der Waals surface area contributed by atoms with Crippen molar-refractivity contribution in [2.45, 2.75) is 31.8 Å². The van der Waals surface area contributed by atoms with Crippen LogP contribution in [0.1, 0.15) is 31.4 Å². The molecule has 2 rings (SSSR count). The molecule has 0 radical (unpaired) electrons. The summed E-state index contributed by atoms with van der Waals surface area (Å²) in [6.07, 6.45) is 2.50. The first-order chi connectivity index (χ1) is 9.35. The van der Waals surface area contributed by atoms with Crippen LogP contribution in [0.3, 0.4) is 0 Å². The van der Waals surface area contributed by atoms with E-state index in [9.17, 15) is 0 Å². The summed E-state index contributed by atoms with van der Waals surface area (Å²) < 4.78 is 5.26. The predicted octanol–water partition coefficient (Wildman–Crippen LogP) is 2.45. The Kier molecular flexibility index (Phi) is 5.83. The lowest BCUT2D eigenvalue weighted by atomic mass is 9.99. The van der Waals surface area contributed by atoms with Crippen LogP contribution in [0.25, 0.3) is 0 Å². The van der Waals surface area contributed by atoms with Gasteiger partial charge < -0.3 is 10.1 Å². The fourth-order valence-corrected chi connectivity index (χ4v) is 2.88. The predicted molar refractivity (Wildman–Crippen MR) is 79.3 cm³/mol. The molecule has 3 nitrogen and oxygen atoms in total. The van der Waals surface area contributed by atoms with Crippen LogP contribution < -0.4 is 5.32 Å². The monoisotopic (exact) mass is 262 g/mol. The maximum atomic E-state index is 5.26. The smallest absolute Gasteiger partial charge is 0.0589 e. The normalized spacial score (nSPS) is 24.5. The van der Waals surface area contributed by atoms with Gasteiger partial charge in [0, 0.05) is 38.8 Å². The molecule has 1 fully saturated rings. The first kappa shape index (κ1) is 14.5. The number of hydrogen-bond donors (Lipinski definition) is 1. The lowest BCUT2D eigenvalue weighted by Crippen LogP contribution is -2.52. The number of piperazine rings is 1. The third kappa shape index (κ3) is 4.03. The molecule has 1 aromatic rings. The van der Waals surface area contributed by atoms with Crippen LogP contribution in [0, 0.1) is 0 Å². The van der Waals surface area contributed by atoms with Gasteiger partial charge in [-0.25, -0.2) is 0 Å². The van der Waals surface area contributed by atoms with Crippen LogP contribution in [0.2, 0.25) is 0 Å². The molecule has 0 bridgehead atoms. The molecule has 0 aromatic heterocycles. The summed E-state index contributed by atoms with van der Waals surface area (Å²) in [7, 11) is 1.78. The van der Waals surface area contributed by atoms with Crippen molar-refractivity contribution in [1.82, 2.24) is 10.2 Å². The van der Waals surface area contributed by atoms with Gasteiger partial charge in [-0.15, -0.1) is 0 Å². The zero-order valence-corrected chi connectivity index (χ0v) is 12.1. The van der Waals surface area contributed by atoms with E-state index in [4.69, 9.17) is 4.74 Å². The summed E-state index contributed by atoms with van der Waals surface area (Å²) in [6, 6.07) is 11.9. The minimum absolute atomic E-state index is 0.476. The third-order valence-corrected chi connectivity index (χ3v) is 3.90. The van der Waals surface area contributed by atoms with Crippen molar-refractivity contribution in [2.75, 3.05) is 33.4 Å². The van der Waals surface area contributed by atoms with Gasteiger partial charge in [0.2, 0.25) is 0 Å². The van der Waals surface area contributed by atoms with Crippen molar-refractivity contribution in [2.24, 2.45) is 0 Å². The van der Waals surface area contributed by atoms with Gasteiger partial charge in [-0.3, -0.25) is 4.90 Å². The van der Waals surface area contributed by atoms with Gasteiger partial charge in [0.05, 0.1) is 6.61 Å². The summed E-state index contributed by atoms with van der Waals surface area (Å²) >= 11 is 0. The molecule has 106 valence electrons. The first-order valence-electron chi connectivity index (χ1n) is 7.36. The molecular weight excluding hydrogens is 236 g/mol. The topological polar surface area (TPSA) is 24.5 Å². The van der Waals surface area contributed by atoms with E-state index in [-0.39, 0.29) is 0 Å². The number of nitrogens with one attached hydrogen (secondary N) is 1. The minimum atomic E-state index is 0.476.